The molecule has 27 heavy (non-hydrogen) atoms. The minimum atomic E-state index is -0.262. The van der Waals surface area contributed by atoms with Crippen LogP contribution >= 0.6 is 0 Å². The van der Waals surface area contributed by atoms with E-state index in [1.807, 2.05) is 6.92 Å². The summed E-state index contributed by atoms with van der Waals surface area (Å²) in [5.41, 5.74) is 5.75. The van der Waals surface area contributed by atoms with Crippen molar-refractivity contribution in [3.63, 3.8) is 0 Å². The molecule has 0 radical (unpaired) electrons. The molecule has 2 aromatic rings. The standard InChI is InChI=1S/C17H25N9O/c1-3-13-21-16(24-17(23-13)26-8-6-25(2)7-9-26)22-14-5-4-12(10-19-14)15(27)20-11-18/h4-5,10H,3,6-9,11,18H2,1-2H3,(H,20,27)(H,19,21,22,23,24). The summed E-state index contributed by atoms with van der Waals surface area (Å²) in [5, 5.41) is 5.63. The Morgan fingerprint density at radius 1 is 1.19 bits per heavy atom. The lowest BCUT2D eigenvalue weighted by Crippen LogP contribution is -2.45. The molecule has 0 aliphatic carbocycles. The minimum absolute atomic E-state index is 0.0819. The lowest BCUT2D eigenvalue weighted by atomic mass is 10.2. The van der Waals surface area contributed by atoms with Gasteiger partial charge in [0.05, 0.1) is 12.2 Å². The van der Waals surface area contributed by atoms with E-state index in [1.54, 1.807) is 12.1 Å². The second-order valence-electron chi connectivity index (χ2n) is 6.29. The van der Waals surface area contributed by atoms with Crippen LogP contribution in [0.15, 0.2) is 18.3 Å². The van der Waals surface area contributed by atoms with Crippen molar-refractivity contribution in [2.45, 2.75) is 13.3 Å². The number of aromatic nitrogens is 4. The quantitative estimate of drug-likeness (QED) is 0.600. The topological polar surface area (TPSA) is 125 Å². The molecule has 1 saturated heterocycles. The molecule has 4 N–H and O–H groups in total. The van der Waals surface area contributed by atoms with Crippen LogP contribution in [0.1, 0.15) is 23.1 Å². The third-order valence-corrected chi connectivity index (χ3v) is 4.30. The first-order chi connectivity index (χ1) is 13.1. The van der Waals surface area contributed by atoms with Gasteiger partial charge in [-0.15, -0.1) is 0 Å². The highest BCUT2D eigenvalue weighted by Gasteiger charge is 2.18. The minimum Gasteiger partial charge on any atom is -0.340 e. The van der Waals surface area contributed by atoms with E-state index in [0.717, 1.165) is 32.0 Å². The number of anilines is 3. The summed E-state index contributed by atoms with van der Waals surface area (Å²) in [7, 11) is 2.11. The summed E-state index contributed by atoms with van der Waals surface area (Å²) in [6, 6.07) is 3.37. The average Bonchev–Trinajstić information content (AvgIpc) is 2.69. The van der Waals surface area contributed by atoms with Gasteiger partial charge in [0.15, 0.2) is 0 Å². The second kappa shape index (κ2) is 8.69. The van der Waals surface area contributed by atoms with Gasteiger partial charge in [-0.1, -0.05) is 6.92 Å². The second-order valence-corrected chi connectivity index (χ2v) is 6.29. The van der Waals surface area contributed by atoms with Crippen LogP contribution in [-0.2, 0) is 6.42 Å². The molecule has 1 fully saturated rings. The Morgan fingerprint density at radius 2 is 1.96 bits per heavy atom. The Kier molecular flexibility index (Phi) is 6.09. The third kappa shape index (κ3) is 4.86. The zero-order chi connectivity index (χ0) is 19.2. The van der Waals surface area contributed by atoms with E-state index < -0.39 is 0 Å². The number of nitrogens with two attached hydrogens (primary N) is 1. The van der Waals surface area contributed by atoms with Crippen molar-refractivity contribution >= 4 is 23.6 Å². The summed E-state index contributed by atoms with van der Waals surface area (Å²) < 4.78 is 0. The van der Waals surface area contributed by atoms with E-state index in [0.29, 0.717) is 29.7 Å². The van der Waals surface area contributed by atoms with Crippen LogP contribution in [0.4, 0.5) is 17.7 Å². The zero-order valence-electron chi connectivity index (χ0n) is 15.6. The van der Waals surface area contributed by atoms with E-state index in [2.05, 4.69) is 47.4 Å². The van der Waals surface area contributed by atoms with Crippen molar-refractivity contribution in [1.82, 2.24) is 30.2 Å². The summed E-state index contributed by atoms with van der Waals surface area (Å²) in [4.78, 5) is 34.0. The Hall–Kier alpha value is -2.85. The van der Waals surface area contributed by atoms with E-state index in [4.69, 9.17) is 5.73 Å². The monoisotopic (exact) mass is 371 g/mol. The van der Waals surface area contributed by atoms with Gasteiger partial charge in [-0.05, 0) is 19.2 Å². The molecule has 10 heteroatoms. The van der Waals surface area contributed by atoms with Gasteiger partial charge in [0.2, 0.25) is 11.9 Å². The number of nitrogens with zero attached hydrogens (tertiary/aromatic N) is 6. The number of hydrogen-bond donors (Lipinski definition) is 3. The SMILES string of the molecule is CCc1nc(Nc2ccc(C(=O)NCN)cn2)nc(N2CCN(C)CC2)n1. The molecule has 2 aromatic heterocycles. The van der Waals surface area contributed by atoms with Crippen LogP contribution in [0, 0.1) is 0 Å². The Bertz CT molecular complexity index is 772. The number of piperazine rings is 1. The number of nitrogens with one attached hydrogen (secondary N) is 2. The molecule has 0 spiro atoms. The maximum absolute atomic E-state index is 11.7. The molecule has 3 heterocycles. The summed E-state index contributed by atoms with van der Waals surface area (Å²) in [6.45, 7) is 5.81. The van der Waals surface area contributed by atoms with Gasteiger partial charge in [0.1, 0.15) is 11.6 Å². The van der Waals surface area contributed by atoms with Crippen LogP contribution in [0.3, 0.4) is 0 Å². The average molecular weight is 371 g/mol. The number of amides is 1. The predicted octanol–water partition coefficient (Wildman–Crippen LogP) is -0.0296. The van der Waals surface area contributed by atoms with Gasteiger partial charge in [-0.3, -0.25) is 4.79 Å². The molecule has 10 nitrogen and oxygen atoms in total. The molecule has 0 aromatic carbocycles. The molecule has 0 unspecified atom stereocenters. The molecule has 1 aliphatic rings. The first-order valence-corrected chi connectivity index (χ1v) is 8.99. The van der Waals surface area contributed by atoms with Crippen molar-refractivity contribution in [1.29, 1.82) is 0 Å². The first kappa shape index (κ1) is 18.9. The van der Waals surface area contributed by atoms with E-state index in [1.165, 1.54) is 6.20 Å². The van der Waals surface area contributed by atoms with Crippen LogP contribution in [-0.4, -0.2) is 70.6 Å². The van der Waals surface area contributed by atoms with Crippen LogP contribution in [0.2, 0.25) is 0 Å². The van der Waals surface area contributed by atoms with Crippen molar-refractivity contribution in [3.8, 4) is 0 Å². The molecular formula is C17H25N9O. The molecule has 0 atom stereocenters. The number of rotatable bonds is 6. The Morgan fingerprint density at radius 3 is 2.59 bits per heavy atom. The number of aryl methyl sites for hydroxylation is 1. The van der Waals surface area contributed by atoms with Crippen molar-refractivity contribution in [3.05, 3.63) is 29.7 Å². The van der Waals surface area contributed by atoms with Gasteiger partial charge < -0.3 is 26.2 Å². The zero-order valence-corrected chi connectivity index (χ0v) is 15.6. The summed E-state index contributed by atoms with van der Waals surface area (Å²) in [5.74, 6) is 2.14. The van der Waals surface area contributed by atoms with Crippen LogP contribution < -0.4 is 21.3 Å². The van der Waals surface area contributed by atoms with Gasteiger partial charge >= 0.3 is 0 Å². The predicted molar refractivity (Wildman–Crippen MR) is 103 cm³/mol. The van der Waals surface area contributed by atoms with Gasteiger partial charge in [0.25, 0.3) is 5.91 Å². The molecule has 1 amide bonds. The molecule has 144 valence electrons. The lowest BCUT2D eigenvalue weighted by molar-refractivity contribution is 0.0954. The molecule has 1 aliphatic heterocycles. The van der Waals surface area contributed by atoms with E-state index in [-0.39, 0.29) is 12.6 Å². The maximum atomic E-state index is 11.7. The van der Waals surface area contributed by atoms with Gasteiger partial charge in [0, 0.05) is 38.8 Å². The van der Waals surface area contributed by atoms with E-state index in [9.17, 15) is 4.79 Å². The summed E-state index contributed by atoms with van der Waals surface area (Å²) in [6.07, 6.45) is 2.19. The summed E-state index contributed by atoms with van der Waals surface area (Å²) >= 11 is 0. The number of carbonyl (C=O) groups excluding carboxylic acids is 1. The number of carbonyl (C=O) groups is 1. The highest BCUT2D eigenvalue weighted by Crippen LogP contribution is 2.16. The fourth-order valence-corrected chi connectivity index (χ4v) is 2.68. The van der Waals surface area contributed by atoms with Crippen LogP contribution in [0.25, 0.3) is 0 Å². The molecule has 3 rings (SSSR count). The fraction of sp³-hybridized carbons (Fsp3) is 0.471. The van der Waals surface area contributed by atoms with Gasteiger partial charge in [-0.25, -0.2) is 4.98 Å². The van der Waals surface area contributed by atoms with Crippen molar-refractivity contribution in [2.24, 2.45) is 5.73 Å². The Balaban J connectivity index is 1.76. The first-order valence-electron chi connectivity index (χ1n) is 8.99. The van der Waals surface area contributed by atoms with E-state index >= 15 is 0 Å². The third-order valence-electron chi connectivity index (χ3n) is 4.30. The number of likely N-dealkylation sites (N-methyl/N-ethyl adjacent to an activating group) is 1. The fourth-order valence-electron chi connectivity index (χ4n) is 2.68. The highest BCUT2D eigenvalue weighted by molar-refractivity contribution is 5.94. The lowest BCUT2D eigenvalue weighted by Gasteiger charge is -2.32. The highest BCUT2D eigenvalue weighted by atomic mass is 16.1. The Labute approximate surface area is 158 Å². The van der Waals surface area contributed by atoms with Crippen LogP contribution in [0.5, 0.6) is 0 Å². The van der Waals surface area contributed by atoms with Crippen molar-refractivity contribution in [2.75, 3.05) is 50.1 Å². The number of pyridine rings is 1. The largest absolute Gasteiger partial charge is 0.340 e. The van der Waals surface area contributed by atoms with Crippen molar-refractivity contribution < 1.29 is 4.79 Å². The smallest absolute Gasteiger partial charge is 0.253 e. The normalized spacial score (nSPS) is 14.9. The molecular weight excluding hydrogens is 346 g/mol. The molecule has 0 bridgehead atoms. The number of hydrogen-bond acceptors (Lipinski definition) is 9. The maximum Gasteiger partial charge on any atom is 0.253 e. The van der Waals surface area contributed by atoms with Gasteiger partial charge in [-0.2, -0.15) is 15.0 Å². The molecule has 0 saturated carbocycles.